The summed E-state index contributed by atoms with van der Waals surface area (Å²) < 4.78 is 5.22. The summed E-state index contributed by atoms with van der Waals surface area (Å²) in [5.74, 6) is 0.775. The second-order valence-electron chi connectivity index (χ2n) is 4.34. The van der Waals surface area contributed by atoms with E-state index in [1.54, 1.807) is 7.11 Å². The van der Waals surface area contributed by atoms with Crippen LogP contribution in [0.5, 0.6) is 5.75 Å². The molecule has 0 aliphatic heterocycles. The minimum absolute atomic E-state index is 0.0122. The second-order valence-corrected chi connectivity index (χ2v) is 4.34. The van der Waals surface area contributed by atoms with Crippen molar-refractivity contribution in [2.24, 2.45) is 5.73 Å². The van der Waals surface area contributed by atoms with Gasteiger partial charge in [-0.2, -0.15) is 0 Å². The standard InChI is InChI=1S/C14H22N2O2/c1-3-6-12(15)9-14(17)16-10-11-7-4-5-8-13(11)18-2/h4-5,7-8,12H,3,6,9-10,15H2,1-2H3,(H,16,17). The fraction of sp³-hybridized carbons (Fsp3) is 0.500. The summed E-state index contributed by atoms with van der Waals surface area (Å²) in [6.45, 7) is 2.54. The van der Waals surface area contributed by atoms with Gasteiger partial charge in [-0.15, -0.1) is 0 Å². The van der Waals surface area contributed by atoms with E-state index in [1.807, 2.05) is 24.3 Å². The first-order valence-electron chi connectivity index (χ1n) is 6.31. The molecule has 1 aromatic rings. The van der Waals surface area contributed by atoms with Gasteiger partial charge in [0.2, 0.25) is 5.91 Å². The molecular formula is C14H22N2O2. The number of amides is 1. The van der Waals surface area contributed by atoms with Crippen LogP contribution in [0.25, 0.3) is 0 Å². The molecule has 0 aliphatic rings. The van der Waals surface area contributed by atoms with Crippen molar-refractivity contribution in [3.05, 3.63) is 29.8 Å². The number of para-hydroxylation sites is 1. The third-order valence-corrected chi connectivity index (χ3v) is 2.78. The normalized spacial score (nSPS) is 11.9. The molecule has 0 heterocycles. The van der Waals surface area contributed by atoms with E-state index in [0.29, 0.717) is 13.0 Å². The largest absolute Gasteiger partial charge is 0.496 e. The quantitative estimate of drug-likeness (QED) is 0.776. The molecule has 4 nitrogen and oxygen atoms in total. The van der Waals surface area contributed by atoms with Crippen LogP contribution in [0.15, 0.2) is 24.3 Å². The Hall–Kier alpha value is -1.55. The molecule has 1 unspecified atom stereocenters. The van der Waals surface area contributed by atoms with Crippen LogP contribution in [0.1, 0.15) is 31.7 Å². The van der Waals surface area contributed by atoms with Crippen molar-refractivity contribution in [1.82, 2.24) is 5.32 Å². The van der Waals surface area contributed by atoms with Gasteiger partial charge in [0.05, 0.1) is 7.11 Å². The summed E-state index contributed by atoms with van der Waals surface area (Å²) in [6, 6.07) is 7.59. The average Bonchev–Trinajstić information content (AvgIpc) is 2.37. The molecule has 100 valence electrons. The Labute approximate surface area is 109 Å². The number of nitrogens with one attached hydrogen (secondary N) is 1. The van der Waals surface area contributed by atoms with Crippen LogP contribution in [0.2, 0.25) is 0 Å². The maximum atomic E-state index is 11.7. The molecule has 0 radical (unpaired) electrons. The molecule has 0 saturated carbocycles. The predicted molar refractivity (Wildman–Crippen MR) is 72.3 cm³/mol. The van der Waals surface area contributed by atoms with Crippen molar-refractivity contribution < 1.29 is 9.53 Å². The lowest BCUT2D eigenvalue weighted by Crippen LogP contribution is -2.31. The van der Waals surface area contributed by atoms with Crippen LogP contribution in [-0.2, 0) is 11.3 Å². The molecule has 1 rings (SSSR count). The number of nitrogens with two attached hydrogens (primary N) is 1. The molecule has 3 N–H and O–H groups in total. The van der Waals surface area contributed by atoms with Crippen molar-refractivity contribution in [3.63, 3.8) is 0 Å². The molecule has 4 heteroatoms. The molecule has 0 spiro atoms. The number of carbonyl (C=O) groups excluding carboxylic acids is 1. The lowest BCUT2D eigenvalue weighted by molar-refractivity contribution is -0.121. The zero-order valence-electron chi connectivity index (χ0n) is 11.1. The van der Waals surface area contributed by atoms with Gasteiger partial charge >= 0.3 is 0 Å². The number of rotatable bonds is 7. The van der Waals surface area contributed by atoms with Crippen LogP contribution in [0.3, 0.4) is 0 Å². The van der Waals surface area contributed by atoms with Gasteiger partial charge in [0.1, 0.15) is 5.75 Å². The van der Waals surface area contributed by atoms with Gasteiger partial charge in [0, 0.05) is 24.6 Å². The van der Waals surface area contributed by atoms with Crippen LogP contribution in [0.4, 0.5) is 0 Å². The highest BCUT2D eigenvalue weighted by Gasteiger charge is 2.09. The topological polar surface area (TPSA) is 64.4 Å². The molecule has 0 saturated heterocycles. The smallest absolute Gasteiger partial charge is 0.221 e. The molecular weight excluding hydrogens is 228 g/mol. The Morgan fingerprint density at radius 3 is 2.83 bits per heavy atom. The SMILES string of the molecule is CCCC(N)CC(=O)NCc1ccccc1OC. The van der Waals surface area contributed by atoms with Crippen molar-refractivity contribution in [3.8, 4) is 5.75 Å². The third kappa shape index (κ3) is 4.75. The molecule has 1 atom stereocenters. The zero-order chi connectivity index (χ0) is 13.4. The number of methoxy groups -OCH3 is 1. The average molecular weight is 250 g/mol. The summed E-state index contributed by atoms with van der Waals surface area (Å²) in [7, 11) is 1.62. The first-order valence-corrected chi connectivity index (χ1v) is 6.31. The minimum atomic E-state index is -0.0485. The Balaban J connectivity index is 2.42. The number of ether oxygens (including phenoxy) is 1. The van der Waals surface area contributed by atoms with Gasteiger partial charge in [0.15, 0.2) is 0 Å². The summed E-state index contributed by atoms with van der Waals surface area (Å²) in [5, 5.41) is 2.86. The maximum absolute atomic E-state index is 11.7. The van der Waals surface area contributed by atoms with Crippen LogP contribution >= 0.6 is 0 Å². The molecule has 18 heavy (non-hydrogen) atoms. The minimum Gasteiger partial charge on any atom is -0.496 e. The number of carbonyl (C=O) groups is 1. The van der Waals surface area contributed by atoms with Crippen LogP contribution in [0, 0.1) is 0 Å². The van der Waals surface area contributed by atoms with E-state index in [9.17, 15) is 4.79 Å². The van der Waals surface area contributed by atoms with Gasteiger partial charge < -0.3 is 15.8 Å². The third-order valence-electron chi connectivity index (χ3n) is 2.78. The van der Waals surface area contributed by atoms with E-state index in [0.717, 1.165) is 24.2 Å². The van der Waals surface area contributed by atoms with E-state index in [4.69, 9.17) is 10.5 Å². The van der Waals surface area contributed by atoms with E-state index >= 15 is 0 Å². The highest BCUT2D eigenvalue weighted by molar-refractivity contribution is 5.76. The Morgan fingerprint density at radius 1 is 1.44 bits per heavy atom. The van der Waals surface area contributed by atoms with E-state index in [2.05, 4.69) is 12.2 Å². The first kappa shape index (κ1) is 14.5. The first-order chi connectivity index (χ1) is 8.67. The number of hydrogen-bond acceptors (Lipinski definition) is 3. The highest BCUT2D eigenvalue weighted by atomic mass is 16.5. The monoisotopic (exact) mass is 250 g/mol. The number of benzene rings is 1. The van der Waals surface area contributed by atoms with Crippen molar-refractivity contribution in [2.45, 2.75) is 38.8 Å². The van der Waals surface area contributed by atoms with E-state index < -0.39 is 0 Å². The Morgan fingerprint density at radius 2 is 2.17 bits per heavy atom. The second kappa shape index (κ2) is 7.71. The zero-order valence-corrected chi connectivity index (χ0v) is 11.1. The molecule has 0 fully saturated rings. The van der Waals surface area contributed by atoms with Gasteiger partial charge in [-0.1, -0.05) is 31.5 Å². The predicted octanol–water partition coefficient (Wildman–Crippen LogP) is 1.83. The van der Waals surface area contributed by atoms with Crippen molar-refractivity contribution in [1.29, 1.82) is 0 Å². The van der Waals surface area contributed by atoms with Gasteiger partial charge in [-0.25, -0.2) is 0 Å². The fourth-order valence-electron chi connectivity index (χ4n) is 1.83. The maximum Gasteiger partial charge on any atom is 0.221 e. The Bertz CT molecular complexity index is 380. The van der Waals surface area contributed by atoms with Gasteiger partial charge in [-0.05, 0) is 12.5 Å². The lowest BCUT2D eigenvalue weighted by Gasteiger charge is -2.12. The number of hydrogen-bond donors (Lipinski definition) is 2. The fourth-order valence-corrected chi connectivity index (χ4v) is 1.83. The molecule has 0 bridgehead atoms. The van der Waals surface area contributed by atoms with Crippen molar-refractivity contribution in [2.75, 3.05) is 7.11 Å². The molecule has 1 amide bonds. The van der Waals surface area contributed by atoms with E-state index in [-0.39, 0.29) is 11.9 Å². The van der Waals surface area contributed by atoms with Gasteiger partial charge in [0.25, 0.3) is 0 Å². The van der Waals surface area contributed by atoms with Crippen molar-refractivity contribution >= 4 is 5.91 Å². The summed E-state index contributed by atoms with van der Waals surface area (Å²) >= 11 is 0. The lowest BCUT2D eigenvalue weighted by atomic mass is 10.1. The van der Waals surface area contributed by atoms with Crippen LogP contribution < -0.4 is 15.8 Å². The molecule has 1 aromatic carbocycles. The van der Waals surface area contributed by atoms with Crippen LogP contribution in [-0.4, -0.2) is 19.1 Å². The summed E-state index contributed by atoms with van der Waals surface area (Å²) in [6.07, 6.45) is 2.26. The van der Waals surface area contributed by atoms with Gasteiger partial charge in [-0.3, -0.25) is 4.79 Å². The molecule has 0 aromatic heterocycles. The summed E-state index contributed by atoms with van der Waals surface area (Å²) in [5.41, 5.74) is 6.79. The van der Waals surface area contributed by atoms with E-state index in [1.165, 1.54) is 0 Å². The highest BCUT2D eigenvalue weighted by Crippen LogP contribution is 2.16. The molecule has 0 aliphatic carbocycles. The Kier molecular flexibility index (Phi) is 6.22. The summed E-state index contributed by atoms with van der Waals surface area (Å²) in [4.78, 5) is 11.7.